The Balaban J connectivity index is 1.80. The van der Waals surface area contributed by atoms with Crippen LogP contribution in [-0.4, -0.2) is 29.9 Å². The van der Waals surface area contributed by atoms with E-state index in [0.29, 0.717) is 11.4 Å². The van der Waals surface area contributed by atoms with Crippen LogP contribution >= 0.6 is 0 Å². The molecule has 1 amide bonds. The van der Waals surface area contributed by atoms with Crippen molar-refractivity contribution in [2.75, 3.05) is 23.3 Å². The fraction of sp³-hybridized carbons (Fsp3) is 0.222. The number of carbonyl (C=O) groups excluding carboxylic acids is 2. The van der Waals surface area contributed by atoms with Gasteiger partial charge in [-0.05, 0) is 37.1 Å². The van der Waals surface area contributed by atoms with Crippen LogP contribution in [0.3, 0.4) is 0 Å². The summed E-state index contributed by atoms with van der Waals surface area (Å²) in [6.07, 6.45) is 0. The third kappa shape index (κ3) is 3.64. The molecule has 8 nitrogen and oxygen atoms in total. The smallest absolute Gasteiger partial charge is 0.331 e. The summed E-state index contributed by atoms with van der Waals surface area (Å²) in [6.45, 7) is 3.64. The average molecular weight is 355 g/mol. The Morgan fingerprint density at radius 1 is 1.27 bits per heavy atom. The number of aryl methyl sites for hydroxylation is 2. The van der Waals surface area contributed by atoms with E-state index in [9.17, 15) is 19.7 Å². The Bertz CT molecular complexity index is 910. The molecule has 134 valence electrons. The van der Waals surface area contributed by atoms with Crippen LogP contribution in [0.25, 0.3) is 0 Å². The minimum absolute atomic E-state index is 0.0761. The summed E-state index contributed by atoms with van der Waals surface area (Å²) in [5.41, 5.74) is 2.94. The molecule has 3 rings (SSSR count). The van der Waals surface area contributed by atoms with Crippen molar-refractivity contribution in [2.24, 2.45) is 0 Å². The Hall–Kier alpha value is -3.42. The van der Waals surface area contributed by atoms with Crippen molar-refractivity contribution in [3.8, 4) is 5.75 Å². The topological polar surface area (TPSA) is 102 Å². The van der Waals surface area contributed by atoms with Gasteiger partial charge in [-0.25, -0.2) is 4.79 Å². The Morgan fingerprint density at radius 2 is 2.04 bits per heavy atom. The molecule has 26 heavy (non-hydrogen) atoms. The number of nitrogens with zero attached hydrogens (tertiary/aromatic N) is 2. The molecule has 0 atom stereocenters. The van der Waals surface area contributed by atoms with Gasteiger partial charge in [0, 0.05) is 11.8 Å². The third-order valence-corrected chi connectivity index (χ3v) is 4.04. The number of hydrogen-bond donors (Lipinski definition) is 1. The second-order valence-corrected chi connectivity index (χ2v) is 6.11. The average Bonchev–Trinajstić information content (AvgIpc) is 2.57. The second-order valence-electron chi connectivity index (χ2n) is 6.11. The molecule has 1 heterocycles. The lowest BCUT2D eigenvalue weighted by molar-refractivity contribution is -0.384. The fourth-order valence-electron chi connectivity index (χ4n) is 2.73. The molecule has 8 heteroatoms. The predicted molar refractivity (Wildman–Crippen MR) is 95.5 cm³/mol. The monoisotopic (exact) mass is 355 g/mol. The number of carbonyl (C=O) groups is 2. The van der Waals surface area contributed by atoms with E-state index in [1.54, 1.807) is 0 Å². The largest absolute Gasteiger partial charge is 0.423 e. The van der Waals surface area contributed by atoms with Crippen molar-refractivity contribution in [3.63, 3.8) is 0 Å². The first-order chi connectivity index (χ1) is 12.3. The molecule has 0 aliphatic carbocycles. The number of fused-ring (bicyclic) bond motifs is 1. The molecule has 0 bridgehead atoms. The van der Waals surface area contributed by atoms with Crippen LogP contribution in [0.1, 0.15) is 11.1 Å². The highest BCUT2D eigenvalue weighted by Crippen LogP contribution is 2.35. The van der Waals surface area contributed by atoms with Crippen LogP contribution < -0.4 is 15.0 Å². The van der Waals surface area contributed by atoms with Crippen LogP contribution in [0, 0.1) is 24.0 Å². The van der Waals surface area contributed by atoms with E-state index in [2.05, 4.69) is 5.32 Å². The molecule has 0 fully saturated rings. The number of esters is 1. The molecule has 0 spiro atoms. The standard InChI is InChI=1S/C18H17N3O5/c1-11-3-4-12(2)14(7-11)19-17(22)9-20-10-18(23)26-16-8-13(21(24)25)5-6-15(16)20/h3-8H,9-10H2,1-2H3,(H,19,22). The van der Waals surface area contributed by atoms with E-state index in [0.717, 1.165) is 11.1 Å². The van der Waals surface area contributed by atoms with E-state index in [1.165, 1.54) is 23.1 Å². The molecular weight excluding hydrogens is 338 g/mol. The number of amides is 1. The van der Waals surface area contributed by atoms with Gasteiger partial charge in [-0.1, -0.05) is 12.1 Å². The van der Waals surface area contributed by atoms with Crippen LogP contribution in [0.4, 0.5) is 17.1 Å². The first-order valence-electron chi connectivity index (χ1n) is 7.94. The van der Waals surface area contributed by atoms with Crippen LogP contribution in [0.2, 0.25) is 0 Å². The van der Waals surface area contributed by atoms with E-state index < -0.39 is 10.9 Å². The number of rotatable bonds is 4. The summed E-state index contributed by atoms with van der Waals surface area (Å²) in [4.78, 5) is 36.1. The Labute approximate surface area is 149 Å². The summed E-state index contributed by atoms with van der Waals surface area (Å²) in [5.74, 6) is -0.787. The number of benzene rings is 2. The highest BCUT2D eigenvalue weighted by atomic mass is 16.6. The lowest BCUT2D eigenvalue weighted by Gasteiger charge is -2.29. The van der Waals surface area contributed by atoms with Crippen molar-refractivity contribution in [1.82, 2.24) is 0 Å². The van der Waals surface area contributed by atoms with E-state index in [1.807, 2.05) is 32.0 Å². The maximum Gasteiger partial charge on any atom is 0.331 e. The van der Waals surface area contributed by atoms with Gasteiger partial charge in [-0.3, -0.25) is 14.9 Å². The summed E-state index contributed by atoms with van der Waals surface area (Å²) in [5, 5.41) is 13.7. The molecule has 0 saturated heterocycles. The summed E-state index contributed by atoms with van der Waals surface area (Å²) in [7, 11) is 0. The highest BCUT2D eigenvalue weighted by Gasteiger charge is 2.27. The van der Waals surface area contributed by atoms with E-state index in [4.69, 9.17) is 4.74 Å². The predicted octanol–water partition coefficient (Wildman–Crippen LogP) is 2.58. The van der Waals surface area contributed by atoms with Gasteiger partial charge in [0.2, 0.25) is 5.91 Å². The number of nitro benzene ring substituents is 1. The molecule has 0 unspecified atom stereocenters. The lowest BCUT2D eigenvalue weighted by atomic mass is 10.1. The molecule has 1 aliphatic heterocycles. The van der Waals surface area contributed by atoms with Gasteiger partial charge in [-0.15, -0.1) is 0 Å². The molecule has 0 saturated carbocycles. The number of nitrogens with one attached hydrogen (secondary N) is 1. The minimum atomic E-state index is -0.572. The quantitative estimate of drug-likeness (QED) is 0.391. The number of ether oxygens (including phenoxy) is 1. The zero-order valence-electron chi connectivity index (χ0n) is 14.3. The van der Waals surface area contributed by atoms with Crippen LogP contribution in [0.15, 0.2) is 36.4 Å². The van der Waals surface area contributed by atoms with Gasteiger partial charge >= 0.3 is 5.97 Å². The minimum Gasteiger partial charge on any atom is -0.423 e. The van der Waals surface area contributed by atoms with E-state index >= 15 is 0 Å². The van der Waals surface area contributed by atoms with E-state index in [-0.39, 0.29) is 30.4 Å². The second kappa shape index (κ2) is 6.83. The SMILES string of the molecule is Cc1ccc(C)c(NC(=O)CN2CC(=O)Oc3cc([N+](=O)[O-])ccc32)c1. The Morgan fingerprint density at radius 3 is 2.77 bits per heavy atom. The van der Waals surface area contributed by atoms with Gasteiger partial charge in [0.15, 0.2) is 5.75 Å². The van der Waals surface area contributed by atoms with Gasteiger partial charge in [0.05, 0.1) is 23.2 Å². The van der Waals surface area contributed by atoms with Gasteiger partial charge < -0.3 is 15.0 Å². The molecule has 0 aromatic heterocycles. The molecule has 0 radical (unpaired) electrons. The van der Waals surface area contributed by atoms with Crippen molar-refractivity contribution in [1.29, 1.82) is 0 Å². The van der Waals surface area contributed by atoms with Gasteiger partial charge in [0.1, 0.15) is 6.54 Å². The third-order valence-electron chi connectivity index (χ3n) is 4.04. The van der Waals surface area contributed by atoms with Crippen molar-refractivity contribution in [2.45, 2.75) is 13.8 Å². The normalized spacial score (nSPS) is 13.0. The van der Waals surface area contributed by atoms with Crippen LogP contribution in [-0.2, 0) is 9.59 Å². The summed E-state index contributed by atoms with van der Waals surface area (Å²) >= 11 is 0. The lowest BCUT2D eigenvalue weighted by Crippen LogP contribution is -2.41. The fourth-order valence-corrected chi connectivity index (χ4v) is 2.73. The molecular formula is C18H17N3O5. The van der Waals surface area contributed by atoms with Gasteiger partial charge in [-0.2, -0.15) is 0 Å². The molecule has 1 N–H and O–H groups in total. The summed E-state index contributed by atoms with van der Waals surface area (Å²) < 4.78 is 5.07. The van der Waals surface area contributed by atoms with Crippen LogP contribution in [0.5, 0.6) is 5.75 Å². The van der Waals surface area contributed by atoms with Crippen molar-refractivity contribution >= 4 is 28.9 Å². The number of non-ortho nitro benzene ring substituents is 1. The zero-order chi connectivity index (χ0) is 18.8. The molecule has 2 aromatic rings. The summed E-state index contributed by atoms with van der Waals surface area (Å²) in [6, 6.07) is 9.71. The number of nitro groups is 1. The maximum absolute atomic E-state index is 12.4. The molecule has 2 aromatic carbocycles. The first-order valence-corrected chi connectivity index (χ1v) is 7.94. The van der Waals surface area contributed by atoms with Crippen molar-refractivity contribution in [3.05, 3.63) is 57.6 Å². The first kappa shape index (κ1) is 17.4. The zero-order valence-corrected chi connectivity index (χ0v) is 14.3. The highest BCUT2D eigenvalue weighted by molar-refractivity contribution is 5.97. The molecule has 1 aliphatic rings. The number of anilines is 2. The Kier molecular flexibility index (Phi) is 4.57. The van der Waals surface area contributed by atoms with Crippen molar-refractivity contribution < 1.29 is 19.2 Å². The van der Waals surface area contributed by atoms with Gasteiger partial charge in [0.25, 0.3) is 5.69 Å². The maximum atomic E-state index is 12.4. The number of hydrogen-bond acceptors (Lipinski definition) is 6.